The quantitative estimate of drug-likeness (QED) is 0.582. The third-order valence-electron chi connectivity index (χ3n) is 2.43. The third-order valence-corrected chi connectivity index (χ3v) is 3.36. The largest absolute Gasteiger partial charge is 0.495 e. The highest BCUT2D eigenvalue weighted by atomic mass is 32.2. The molecule has 0 amide bonds. The van der Waals surface area contributed by atoms with Crippen molar-refractivity contribution >= 4 is 16.0 Å². The van der Waals surface area contributed by atoms with Crippen LogP contribution in [-0.2, 0) is 19.5 Å². The van der Waals surface area contributed by atoms with E-state index in [-0.39, 0.29) is 22.8 Å². The van der Waals surface area contributed by atoms with Crippen molar-refractivity contribution in [2.24, 2.45) is 5.14 Å². The van der Waals surface area contributed by atoms with Crippen molar-refractivity contribution in [3.8, 4) is 5.75 Å². The molecule has 1 aromatic rings. The maximum Gasteiger partial charge on any atom is 0.338 e. The Morgan fingerprint density at radius 2 is 1.95 bits per heavy atom. The Bertz CT molecular complexity index is 569. The molecule has 0 unspecified atom stereocenters. The van der Waals surface area contributed by atoms with Gasteiger partial charge in [0.1, 0.15) is 10.6 Å². The molecule has 0 aliphatic carbocycles. The summed E-state index contributed by atoms with van der Waals surface area (Å²) >= 11 is 0. The summed E-state index contributed by atoms with van der Waals surface area (Å²) in [5, 5.41) is 5.07. The second-order valence-corrected chi connectivity index (χ2v) is 5.42. The van der Waals surface area contributed by atoms with Crippen LogP contribution in [0.2, 0.25) is 0 Å². The second kappa shape index (κ2) is 7.22. The van der Waals surface area contributed by atoms with Gasteiger partial charge in [0.2, 0.25) is 10.0 Å². The lowest BCUT2D eigenvalue weighted by Crippen LogP contribution is -2.15. The van der Waals surface area contributed by atoms with Crippen molar-refractivity contribution in [2.45, 2.75) is 11.3 Å². The molecule has 0 radical (unpaired) electrons. The molecule has 0 aromatic heterocycles. The Hall–Kier alpha value is -1.64. The maximum absolute atomic E-state index is 11.7. The molecule has 1 rings (SSSR count). The fourth-order valence-corrected chi connectivity index (χ4v) is 2.20. The summed E-state index contributed by atoms with van der Waals surface area (Å²) in [6.07, 6.45) is 0.556. The molecule has 0 spiro atoms. The maximum atomic E-state index is 11.7. The number of methoxy groups -OCH3 is 2. The van der Waals surface area contributed by atoms with Crippen LogP contribution in [0.1, 0.15) is 16.8 Å². The van der Waals surface area contributed by atoms with Gasteiger partial charge in [-0.2, -0.15) is 0 Å². The first kappa shape index (κ1) is 16.4. The van der Waals surface area contributed by atoms with Gasteiger partial charge < -0.3 is 14.2 Å². The Morgan fingerprint density at radius 3 is 2.50 bits per heavy atom. The van der Waals surface area contributed by atoms with Gasteiger partial charge in [0.05, 0.1) is 19.3 Å². The molecule has 0 bridgehead atoms. The molecule has 2 N–H and O–H groups in total. The van der Waals surface area contributed by atoms with Gasteiger partial charge >= 0.3 is 5.97 Å². The van der Waals surface area contributed by atoms with Gasteiger partial charge in [0, 0.05) is 20.1 Å². The first-order valence-corrected chi connectivity index (χ1v) is 7.31. The number of ether oxygens (including phenoxy) is 3. The molecule has 0 saturated heterocycles. The van der Waals surface area contributed by atoms with Gasteiger partial charge in [0.25, 0.3) is 0 Å². The van der Waals surface area contributed by atoms with Crippen LogP contribution >= 0.6 is 0 Å². The van der Waals surface area contributed by atoms with Crippen LogP contribution in [-0.4, -0.2) is 41.8 Å². The standard InChI is InChI=1S/C12H17NO6S/c1-17-6-3-7-19-12(14)9-4-5-10(18-2)11(8-9)20(13,15)16/h4-5,8H,3,6-7H2,1-2H3,(H2,13,15,16). The fourth-order valence-electron chi connectivity index (χ4n) is 1.48. The number of rotatable bonds is 7. The minimum atomic E-state index is -3.98. The van der Waals surface area contributed by atoms with E-state index in [2.05, 4.69) is 0 Å². The molecule has 0 heterocycles. The van der Waals surface area contributed by atoms with E-state index >= 15 is 0 Å². The van der Waals surface area contributed by atoms with Crippen LogP contribution in [0.4, 0.5) is 0 Å². The van der Waals surface area contributed by atoms with Crippen molar-refractivity contribution in [3.05, 3.63) is 23.8 Å². The lowest BCUT2D eigenvalue weighted by molar-refractivity contribution is 0.0468. The lowest BCUT2D eigenvalue weighted by Gasteiger charge is -2.09. The average Bonchev–Trinajstić information content (AvgIpc) is 2.41. The normalized spacial score (nSPS) is 11.2. The monoisotopic (exact) mass is 303 g/mol. The van der Waals surface area contributed by atoms with Crippen LogP contribution in [0.3, 0.4) is 0 Å². The van der Waals surface area contributed by atoms with E-state index in [1.54, 1.807) is 7.11 Å². The topological polar surface area (TPSA) is 105 Å². The molecule has 0 saturated carbocycles. The minimum absolute atomic E-state index is 0.0726. The van der Waals surface area contributed by atoms with Gasteiger partial charge in [-0.25, -0.2) is 18.4 Å². The number of esters is 1. The van der Waals surface area contributed by atoms with Crippen molar-refractivity contribution in [3.63, 3.8) is 0 Å². The summed E-state index contributed by atoms with van der Waals surface area (Å²) in [7, 11) is -1.13. The van der Waals surface area contributed by atoms with Gasteiger partial charge in [-0.3, -0.25) is 0 Å². The summed E-state index contributed by atoms with van der Waals surface area (Å²) in [5.74, 6) is -0.558. The first-order chi connectivity index (χ1) is 9.40. The molecule has 8 heteroatoms. The molecule has 0 aliphatic heterocycles. The van der Waals surface area contributed by atoms with E-state index in [4.69, 9.17) is 19.3 Å². The summed E-state index contributed by atoms with van der Waals surface area (Å²) in [5.41, 5.74) is 0.0900. The highest BCUT2D eigenvalue weighted by Gasteiger charge is 2.18. The van der Waals surface area contributed by atoms with Gasteiger partial charge in [-0.15, -0.1) is 0 Å². The predicted octanol–water partition coefficient (Wildman–Crippen LogP) is 0.536. The number of hydrogen-bond acceptors (Lipinski definition) is 6. The minimum Gasteiger partial charge on any atom is -0.495 e. The summed E-state index contributed by atoms with van der Waals surface area (Å²) in [6, 6.07) is 3.89. The van der Waals surface area contributed by atoms with Crippen LogP contribution < -0.4 is 9.88 Å². The van der Waals surface area contributed by atoms with Crippen LogP contribution in [0.15, 0.2) is 23.1 Å². The van der Waals surface area contributed by atoms with Crippen molar-refractivity contribution < 1.29 is 27.4 Å². The van der Waals surface area contributed by atoms with Gasteiger partial charge in [-0.1, -0.05) is 0 Å². The van der Waals surface area contributed by atoms with E-state index in [0.717, 1.165) is 6.07 Å². The van der Waals surface area contributed by atoms with Gasteiger partial charge in [0.15, 0.2) is 0 Å². The van der Waals surface area contributed by atoms with Crippen LogP contribution in [0.25, 0.3) is 0 Å². The van der Waals surface area contributed by atoms with E-state index in [9.17, 15) is 13.2 Å². The molecular formula is C12H17NO6S. The lowest BCUT2D eigenvalue weighted by atomic mass is 10.2. The molecule has 7 nitrogen and oxygen atoms in total. The number of primary sulfonamides is 1. The Morgan fingerprint density at radius 1 is 1.25 bits per heavy atom. The summed E-state index contributed by atoms with van der Waals surface area (Å²) in [6.45, 7) is 0.654. The van der Waals surface area contributed by atoms with Crippen molar-refractivity contribution in [2.75, 3.05) is 27.4 Å². The number of benzene rings is 1. The molecular weight excluding hydrogens is 286 g/mol. The van der Waals surface area contributed by atoms with Crippen LogP contribution in [0.5, 0.6) is 5.75 Å². The zero-order valence-electron chi connectivity index (χ0n) is 11.3. The Balaban J connectivity index is 2.89. The van der Waals surface area contributed by atoms with Crippen molar-refractivity contribution in [1.29, 1.82) is 0 Å². The number of carbonyl (C=O) groups excluding carboxylic acids is 1. The SMILES string of the molecule is COCCCOC(=O)c1ccc(OC)c(S(N)(=O)=O)c1. The number of hydrogen-bond donors (Lipinski definition) is 1. The molecule has 112 valence electrons. The average molecular weight is 303 g/mol. The second-order valence-electron chi connectivity index (χ2n) is 3.89. The van der Waals surface area contributed by atoms with Gasteiger partial charge in [-0.05, 0) is 18.2 Å². The first-order valence-electron chi connectivity index (χ1n) is 5.77. The third kappa shape index (κ3) is 4.48. The predicted molar refractivity (Wildman–Crippen MR) is 71.1 cm³/mol. The van der Waals surface area contributed by atoms with Crippen molar-refractivity contribution in [1.82, 2.24) is 0 Å². The van der Waals surface area contributed by atoms with E-state index in [0.29, 0.717) is 13.0 Å². The summed E-state index contributed by atoms with van der Waals surface area (Å²) < 4.78 is 37.5. The fraction of sp³-hybridized carbons (Fsp3) is 0.417. The number of sulfonamides is 1. The highest BCUT2D eigenvalue weighted by Crippen LogP contribution is 2.24. The summed E-state index contributed by atoms with van der Waals surface area (Å²) in [4.78, 5) is 11.5. The van der Waals surface area contributed by atoms with E-state index in [1.807, 2.05) is 0 Å². The number of nitrogens with two attached hydrogens (primary N) is 1. The number of carbonyl (C=O) groups is 1. The Labute approximate surface area is 117 Å². The van der Waals surface area contributed by atoms with E-state index < -0.39 is 16.0 Å². The molecule has 20 heavy (non-hydrogen) atoms. The zero-order valence-corrected chi connectivity index (χ0v) is 12.1. The molecule has 0 aliphatic rings. The molecule has 0 fully saturated rings. The van der Waals surface area contributed by atoms with Crippen LogP contribution in [0, 0.1) is 0 Å². The molecule has 0 atom stereocenters. The van der Waals surface area contributed by atoms with E-state index in [1.165, 1.54) is 19.2 Å². The smallest absolute Gasteiger partial charge is 0.338 e. The zero-order chi connectivity index (χ0) is 15.2. The highest BCUT2D eigenvalue weighted by molar-refractivity contribution is 7.89. The molecule has 1 aromatic carbocycles. The Kier molecular flexibility index (Phi) is 5.93.